The molecule has 0 aliphatic carbocycles. The van der Waals surface area contributed by atoms with E-state index < -0.39 is 24.1 Å². The van der Waals surface area contributed by atoms with E-state index in [9.17, 15) is 14.4 Å². The van der Waals surface area contributed by atoms with E-state index in [1.54, 1.807) is 0 Å². The first-order valence-electron chi connectivity index (χ1n) is 5.92. The van der Waals surface area contributed by atoms with Crippen LogP contribution in [0.4, 0.5) is 9.59 Å². The van der Waals surface area contributed by atoms with Gasteiger partial charge < -0.3 is 21.3 Å². The molecule has 1 rings (SSSR count). The molecule has 0 saturated carbocycles. The van der Waals surface area contributed by atoms with Crippen molar-refractivity contribution in [2.45, 2.75) is 19.0 Å². The Morgan fingerprint density at radius 1 is 1.21 bits per heavy atom. The lowest BCUT2D eigenvalue weighted by Crippen LogP contribution is -2.51. The molecular weight excluding hydrogens is 256 g/mol. The molecular formula is C10H18N4O5. The second kappa shape index (κ2) is 6.90. The zero-order chi connectivity index (χ0) is 14.4. The summed E-state index contributed by atoms with van der Waals surface area (Å²) in [6, 6.07) is -1.48. The third kappa shape index (κ3) is 3.55. The van der Waals surface area contributed by atoms with E-state index in [1.807, 2.05) is 0 Å². The number of aliphatic hydroxyl groups is 2. The van der Waals surface area contributed by atoms with Gasteiger partial charge in [-0.2, -0.15) is 0 Å². The average Bonchev–Trinajstić information content (AvgIpc) is 2.57. The Hall–Kier alpha value is -1.87. The quantitative estimate of drug-likeness (QED) is 0.398. The maximum absolute atomic E-state index is 12.0. The summed E-state index contributed by atoms with van der Waals surface area (Å²) < 4.78 is 0. The second-order valence-electron chi connectivity index (χ2n) is 4.03. The van der Waals surface area contributed by atoms with Crippen molar-refractivity contribution in [2.24, 2.45) is 5.73 Å². The molecule has 0 bridgehead atoms. The van der Waals surface area contributed by atoms with Crippen molar-refractivity contribution in [1.29, 1.82) is 0 Å². The average molecular weight is 274 g/mol. The molecule has 108 valence electrons. The Kier molecular flexibility index (Phi) is 5.52. The topological polar surface area (TPSA) is 136 Å². The Bertz CT molecular complexity index is 362. The number of carbonyl (C=O) groups is 3. The van der Waals surface area contributed by atoms with Crippen LogP contribution < -0.4 is 11.1 Å². The van der Waals surface area contributed by atoms with E-state index in [0.29, 0.717) is 0 Å². The molecule has 1 saturated heterocycles. The number of imide groups is 1. The van der Waals surface area contributed by atoms with Crippen LogP contribution >= 0.6 is 0 Å². The first kappa shape index (κ1) is 15.2. The lowest BCUT2D eigenvalue weighted by Gasteiger charge is -2.21. The van der Waals surface area contributed by atoms with Crippen LogP contribution in [-0.4, -0.2) is 70.5 Å². The van der Waals surface area contributed by atoms with E-state index in [0.717, 1.165) is 9.80 Å². The van der Waals surface area contributed by atoms with Crippen LogP contribution in [0.15, 0.2) is 0 Å². The molecule has 1 atom stereocenters. The Morgan fingerprint density at radius 3 is 2.32 bits per heavy atom. The predicted molar refractivity (Wildman–Crippen MR) is 63.7 cm³/mol. The van der Waals surface area contributed by atoms with Gasteiger partial charge in [-0.25, -0.2) is 9.59 Å². The van der Waals surface area contributed by atoms with Gasteiger partial charge in [0.1, 0.15) is 0 Å². The first-order valence-corrected chi connectivity index (χ1v) is 5.92. The molecule has 9 nitrogen and oxygen atoms in total. The van der Waals surface area contributed by atoms with Crippen LogP contribution in [0.5, 0.6) is 0 Å². The minimum atomic E-state index is -1.14. The van der Waals surface area contributed by atoms with E-state index in [4.69, 9.17) is 15.9 Å². The molecule has 5 N–H and O–H groups in total. The van der Waals surface area contributed by atoms with Gasteiger partial charge in [0, 0.05) is 26.3 Å². The van der Waals surface area contributed by atoms with Crippen molar-refractivity contribution in [3.63, 3.8) is 0 Å². The van der Waals surface area contributed by atoms with Crippen LogP contribution in [0.3, 0.4) is 0 Å². The highest BCUT2D eigenvalue weighted by Crippen LogP contribution is 2.16. The van der Waals surface area contributed by atoms with Crippen molar-refractivity contribution >= 4 is 18.0 Å². The van der Waals surface area contributed by atoms with Crippen molar-refractivity contribution in [1.82, 2.24) is 15.1 Å². The summed E-state index contributed by atoms with van der Waals surface area (Å²) in [4.78, 5) is 36.9. The number of carbonyl (C=O) groups excluding carboxylic acids is 3. The molecule has 19 heavy (non-hydrogen) atoms. The van der Waals surface area contributed by atoms with Crippen LogP contribution in [0.2, 0.25) is 0 Å². The van der Waals surface area contributed by atoms with E-state index in [1.165, 1.54) is 0 Å². The predicted octanol–water partition coefficient (Wildman–Crippen LogP) is -1.99. The summed E-state index contributed by atoms with van der Waals surface area (Å²) in [6.07, 6.45) is -0.603. The van der Waals surface area contributed by atoms with Gasteiger partial charge in [0.05, 0.1) is 0 Å². The standard InChI is InChI=1S/C10H18N4O5/c11-9(18)12-7-8(17)14(4-2-6-16)10(19)13(7)3-1-5-15/h7,15-16H,1-6H2,(H3,11,12,18). The maximum atomic E-state index is 12.0. The molecule has 0 aromatic heterocycles. The van der Waals surface area contributed by atoms with Crippen molar-refractivity contribution < 1.29 is 24.6 Å². The zero-order valence-electron chi connectivity index (χ0n) is 10.4. The molecule has 1 fully saturated rings. The van der Waals surface area contributed by atoms with Crippen LogP contribution in [0, 0.1) is 0 Å². The van der Waals surface area contributed by atoms with Gasteiger partial charge >= 0.3 is 12.1 Å². The Balaban J connectivity index is 2.81. The number of nitrogens with one attached hydrogen (secondary N) is 1. The molecule has 9 heteroatoms. The van der Waals surface area contributed by atoms with Gasteiger partial charge in [-0.1, -0.05) is 0 Å². The molecule has 1 heterocycles. The summed E-state index contributed by atoms with van der Waals surface area (Å²) in [7, 11) is 0. The fourth-order valence-electron chi connectivity index (χ4n) is 1.82. The number of amides is 5. The Labute approximate surface area is 110 Å². The molecule has 5 amide bonds. The minimum Gasteiger partial charge on any atom is -0.396 e. The third-order valence-electron chi connectivity index (χ3n) is 2.66. The minimum absolute atomic E-state index is 0.0702. The van der Waals surface area contributed by atoms with Crippen molar-refractivity contribution in [3.8, 4) is 0 Å². The monoisotopic (exact) mass is 274 g/mol. The smallest absolute Gasteiger partial charge is 0.328 e. The molecule has 0 aromatic rings. The van der Waals surface area contributed by atoms with E-state index in [-0.39, 0.29) is 39.1 Å². The fourth-order valence-corrected chi connectivity index (χ4v) is 1.82. The van der Waals surface area contributed by atoms with Gasteiger partial charge in [-0.15, -0.1) is 0 Å². The van der Waals surface area contributed by atoms with Crippen LogP contribution in [0.25, 0.3) is 0 Å². The fraction of sp³-hybridized carbons (Fsp3) is 0.700. The molecule has 0 radical (unpaired) electrons. The van der Waals surface area contributed by atoms with E-state index in [2.05, 4.69) is 5.32 Å². The number of hydrogen-bond acceptors (Lipinski definition) is 5. The highest BCUT2D eigenvalue weighted by Gasteiger charge is 2.44. The number of rotatable bonds is 7. The number of primary amides is 1. The number of nitrogens with zero attached hydrogens (tertiary/aromatic N) is 2. The molecule has 0 aromatic carbocycles. The van der Waals surface area contributed by atoms with Crippen molar-refractivity contribution in [3.05, 3.63) is 0 Å². The Morgan fingerprint density at radius 2 is 1.79 bits per heavy atom. The summed E-state index contributed by atoms with van der Waals surface area (Å²) >= 11 is 0. The van der Waals surface area contributed by atoms with Gasteiger partial charge in [0.15, 0.2) is 6.17 Å². The zero-order valence-corrected chi connectivity index (χ0v) is 10.4. The number of aliphatic hydroxyl groups excluding tert-OH is 2. The largest absolute Gasteiger partial charge is 0.396 e. The molecule has 0 spiro atoms. The van der Waals surface area contributed by atoms with Crippen LogP contribution in [-0.2, 0) is 4.79 Å². The van der Waals surface area contributed by atoms with Gasteiger partial charge in [0.25, 0.3) is 5.91 Å². The van der Waals surface area contributed by atoms with E-state index >= 15 is 0 Å². The number of urea groups is 2. The highest BCUT2D eigenvalue weighted by atomic mass is 16.3. The molecule has 1 unspecified atom stereocenters. The van der Waals surface area contributed by atoms with Gasteiger partial charge in [0.2, 0.25) is 0 Å². The summed E-state index contributed by atoms with van der Waals surface area (Å²) in [5, 5.41) is 19.7. The number of nitrogens with two attached hydrogens (primary N) is 1. The van der Waals surface area contributed by atoms with Crippen molar-refractivity contribution in [2.75, 3.05) is 26.3 Å². The lowest BCUT2D eigenvalue weighted by atomic mass is 10.3. The van der Waals surface area contributed by atoms with Gasteiger partial charge in [-0.3, -0.25) is 14.6 Å². The van der Waals surface area contributed by atoms with Crippen LogP contribution in [0.1, 0.15) is 12.8 Å². The normalized spacial score (nSPS) is 19.2. The number of hydrogen-bond donors (Lipinski definition) is 4. The summed E-state index contributed by atoms with van der Waals surface area (Å²) in [5.74, 6) is -0.588. The molecule has 1 aliphatic heterocycles. The molecule has 1 aliphatic rings. The maximum Gasteiger partial charge on any atom is 0.328 e. The lowest BCUT2D eigenvalue weighted by molar-refractivity contribution is -0.129. The highest BCUT2D eigenvalue weighted by molar-refractivity contribution is 6.05. The summed E-state index contributed by atoms with van der Waals surface area (Å²) in [5.41, 5.74) is 4.97. The third-order valence-corrected chi connectivity index (χ3v) is 2.66. The summed E-state index contributed by atoms with van der Waals surface area (Å²) in [6.45, 7) is -0.0953. The van der Waals surface area contributed by atoms with Gasteiger partial charge in [-0.05, 0) is 12.8 Å². The first-order chi connectivity index (χ1) is 9.02. The second-order valence-corrected chi connectivity index (χ2v) is 4.03. The SMILES string of the molecule is NC(=O)NC1C(=O)N(CCCO)C(=O)N1CCCO.